The fraction of sp³-hybridized carbons (Fsp3) is 0.0909. The van der Waals surface area contributed by atoms with Crippen molar-refractivity contribution in [3.8, 4) is 0 Å². The molecule has 0 aliphatic carbocycles. The van der Waals surface area contributed by atoms with Crippen LogP contribution in [0.25, 0.3) is 0 Å². The molecule has 0 aliphatic heterocycles. The molecule has 1 amide bonds. The molecule has 0 bridgehead atoms. The van der Waals surface area contributed by atoms with Gasteiger partial charge in [0.1, 0.15) is 6.61 Å². The third kappa shape index (κ3) is 3.88. The molecule has 5 heteroatoms. The summed E-state index contributed by atoms with van der Waals surface area (Å²) in [6, 6.07) is 23.8. The normalized spacial score (nSPS) is 11.0. The number of rotatable bonds is 6. The molecular formula is C22H19NO4. The molecule has 0 saturated heterocycles. The van der Waals surface area contributed by atoms with Crippen molar-refractivity contribution < 1.29 is 19.4 Å². The highest BCUT2D eigenvalue weighted by atomic mass is 16.5. The van der Waals surface area contributed by atoms with Crippen LogP contribution in [0.3, 0.4) is 0 Å². The Kier molecular flexibility index (Phi) is 5.33. The van der Waals surface area contributed by atoms with Crippen LogP contribution in [-0.2, 0) is 21.7 Å². The summed E-state index contributed by atoms with van der Waals surface area (Å²) < 4.78 is 5.40. The van der Waals surface area contributed by atoms with Crippen LogP contribution >= 0.6 is 0 Å². The molecule has 0 heterocycles. The topological polar surface area (TPSA) is 89.6 Å². The molecule has 0 atom stereocenters. The number of hydrogen-bond acceptors (Lipinski definition) is 4. The Morgan fingerprint density at radius 3 is 1.93 bits per heavy atom. The van der Waals surface area contributed by atoms with E-state index in [0.717, 1.165) is 0 Å². The van der Waals surface area contributed by atoms with E-state index in [2.05, 4.69) is 0 Å². The molecule has 0 spiro atoms. The number of carbonyl (C=O) groups is 2. The number of amides is 1. The van der Waals surface area contributed by atoms with Gasteiger partial charge in [0, 0.05) is 5.56 Å². The van der Waals surface area contributed by atoms with Crippen molar-refractivity contribution in [1.82, 2.24) is 0 Å². The van der Waals surface area contributed by atoms with Crippen LogP contribution in [0.5, 0.6) is 0 Å². The van der Waals surface area contributed by atoms with E-state index in [-0.39, 0.29) is 6.61 Å². The van der Waals surface area contributed by atoms with E-state index in [1.807, 2.05) is 0 Å². The number of aliphatic hydroxyl groups is 1. The van der Waals surface area contributed by atoms with Gasteiger partial charge in [0.05, 0.1) is 0 Å². The molecule has 3 rings (SSSR count). The Labute approximate surface area is 157 Å². The summed E-state index contributed by atoms with van der Waals surface area (Å²) >= 11 is 0. The second kappa shape index (κ2) is 7.85. The van der Waals surface area contributed by atoms with Crippen LogP contribution in [0.1, 0.15) is 27.0 Å². The molecule has 3 aromatic rings. The highest BCUT2D eigenvalue weighted by molar-refractivity contribution is 5.93. The molecule has 136 valence electrons. The summed E-state index contributed by atoms with van der Waals surface area (Å²) in [5.74, 6) is -1.36. The SMILES string of the molecule is NC(=O)c1cccc(COC(=O)C(O)(c2ccccc2)c2ccccc2)c1. The lowest BCUT2D eigenvalue weighted by Gasteiger charge is -2.27. The molecule has 0 unspecified atom stereocenters. The van der Waals surface area contributed by atoms with Crippen molar-refractivity contribution in [3.63, 3.8) is 0 Å². The van der Waals surface area contributed by atoms with Crippen LogP contribution in [0.2, 0.25) is 0 Å². The number of benzene rings is 3. The minimum Gasteiger partial charge on any atom is -0.458 e. The van der Waals surface area contributed by atoms with Gasteiger partial charge < -0.3 is 15.6 Å². The maximum Gasteiger partial charge on any atom is 0.348 e. The van der Waals surface area contributed by atoms with Gasteiger partial charge in [-0.25, -0.2) is 4.79 Å². The van der Waals surface area contributed by atoms with Crippen molar-refractivity contribution in [2.75, 3.05) is 0 Å². The van der Waals surface area contributed by atoms with Gasteiger partial charge >= 0.3 is 5.97 Å². The summed E-state index contributed by atoms with van der Waals surface area (Å²) in [5, 5.41) is 11.3. The summed E-state index contributed by atoms with van der Waals surface area (Å²) in [6.07, 6.45) is 0. The lowest BCUT2D eigenvalue weighted by Crippen LogP contribution is -2.38. The zero-order valence-corrected chi connectivity index (χ0v) is 14.5. The van der Waals surface area contributed by atoms with Gasteiger partial charge in [0.2, 0.25) is 11.5 Å². The standard InChI is InChI=1S/C22H19NO4/c23-20(24)17-9-7-8-16(14-17)15-27-21(25)22(26,18-10-3-1-4-11-18)19-12-5-2-6-13-19/h1-14,26H,15H2,(H2,23,24). The second-order valence-electron chi connectivity index (χ2n) is 6.08. The molecule has 0 aliphatic rings. The Hall–Kier alpha value is -3.44. The third-order valence-corrected chi connectivity index (χ3v) is 4.26. The van der Waals surface area contributed by atoms with Crippen LogP contribution in [0.4, 0.5) is 0 Å². The molecule has 0 radical (unpaired) electrons. The zero-order chi connectivity index (χ0) is 19.3. The highest BCUT2D eigenvalue weighted by Gasteiger charge is 2.41. The average molecular weight is 361 g/mol. The predicted octanol–water partition coefficient (Wildman–Crippen LogP) is 2.76. The molecule has 3 N–H and O–H groups in total. The van der Waals surface area contributed by atoms with Gasteiger partial charge in [-0.1, -0.05) is 72.8 Å². The first-order valence-corrected chi connectivity index (χ1v) is 8.41. The lowest BCUT2D eigenvalue weighted by atomic mass is 9.86. The molecule has 3 aromatic carbocycles. The van der Waals surface area contributed by atoms with Gasteiger partial charge in [-0.05, 0) is 28.8 Å². The maximum atomic E-state index is 12.9. The molecule has 0 aromatic heterocycles. The Bertz CT molecular complexity index is 899. The third-order valence-electron chi connectivity index (χ3n) is 4.26. The van der Waals surface area contributed by atoms with Crippen LogP contribution in [0.15, 0.2) is 84.9 Å². The molecular weight excluding hydrogens is 342 g/mol. The van der Waals surface area contributed by atoms with E-state index in [0.29, 0.717) is 22.3 Å². The van der Waals surface area contributed by atoms with Gasteiger partial charge in [0.15, 0.2) is 0 Å². The number of hydrogen-bond donors (Lipinski definition) is 2. The monoisotopic (exact) mass is 361 g/mol. The van der Waals surface area contributed by atoms with Crippen molar-refractivity contribution in [3.05, 3.63) is 107 Å². The smallest absolute Gasteiger partial charge is 0.348 e. The molecule has 0 saturated carbocycles. The molecule has 27 heavy (non-hydrogen) atoms. The quantitative estimate of drug-likeness (QED) is 0.661. The first kappa shape index (κ1) is 18.4. The van der Waals surface area contributed by atoms with Crippen molar-refractivity contribution >= 4 is 11.9 Å². The zero-order valence-electron chi connectivity index (χ0n) is 14.5. The number of primary amides is 1. The summed E-state index contributed by atoms with van der Waals surface area (Å²) in [6.45, 7) is -0.0953. The van der Waals surface area contributed by atoms with Gasteiger partial charge in [-0.2, -0.15) is 0 Å². The molecule has 5 nitrogen and oxygen atoms in total. The van der Waals surface area contributed by atoms with Crippen molar-refractivity contribution in [2.24, 2.45) is 5.73 Å². The second-order valence-corrected chi connectivity index (χ2v) is 6.08. The fourth-order valence-corrected chi connectivity index (χ4v) is 2.83. The van der Waals surface area contributed by atoms with E-state index >= 15 is 0 Å². The predicted molar refractivity (Wildman–Crippen MR) is 101 cm³/mol. The number of ether oxygens (including phenoxy) is 1. The van der Waals surface area contributed by atoms with E-state index in [1.54, 1.807) is 84.9 Å². The van der Waals surface area contributed by atoms with E-state index in [9.17, 15) is 14.7 Å². The molecule has 0 fully saturated rings. The van der Waals surface area contributed by atoms with E-state index in [4.69, 9.17) is 10.5 Å². The summed E-state index contributed by atoms with van der Waals surface area (Å²) in [7, 11) is 0. The lowest BCUT2D eigenvalue weighted by molar-refractivity contribution is -0.163. The van der Waals surface area contributed by atoms with Crippen LogP contribution in [-0.4, -0.2) is 17.0 Å². The van der Waals surface area contributed by atoms with Gasteiger partial charge in [0.25, 0.3) is 0 Å². The van der Waals surface area contributed by atoms with Crippen LogP contribution < -0.4 is 5.73 Å². The summed E-state index contributed by atoms with van der Waals surface area (Å²) in [5.41, 5.74) is 5.08. The Morgan fingerprint density at radius 1 is 0.852 bits per heavy atom. The minimum absolute atomic E-state index is 0.0953. The van der Waals surface area contributed by atoms with Gasteiger partial charge in [-0.15, -0.1) is 0 Å². The Morgan fingerprint density at radius 2 is 1.41 bits per heavy atom. The summed E-state index contributed by atoms with van der Waals surface area (Å²) in [4.78, 5) is 24.2. The van der Waals surface area contributed by atoms with Gasteiger partial charge in [-0.3, -0.25) is 4.79 Å². The van der Waals surface area contributed by atoms with Crippen molar-refractivity contribution in [1.29, 1.82) is 0 Å². The van der Waals surface area contributed by atoms with E-state index < -0.39 is 17.5 Å². The first-order valence-electron chi connectivity index (χ1n) is 8.41. The fourth-order valence-electron chi connectivity index (χ4n) is 2.83. The number of nitrogens with two attached hydrogens (primary N) is 1. The largest absolute Gasteiger partial charge is 0.458 e. The number of esters is 1. The highest BCUT2D eigenvalue weighted by Crippen LogP contribution is 2.31. The number of carbonyl (C=O) groups excluding carboxylic acids is 2. The first-order chi connectivity index (χ1) is 13.0. The maximum absolute atomic E-state index is 12.9. The van der Waals surface area contributed by atoms with Crippen LogP contribution in [0, 0.1) is 0 Å². The average Bonchev–Trinajstić information content (AvgIpc) is 2.72. The van der Waals surface area contributed by atoms with E-state index in [1.165, 1.54) is 0 Å². The van der Waals surface area contributed by atoms with Crippen molar-refractivity contribution in [2.45, 2.75) is 12.2 Å². The minimum atomic E-state index is -1.94. The Balaban J connectivity index is 1.88.